The minimum atomic E-state index is -0.218. The molecule has 2 saturated heterocycles. The van der Waals surface area contributed by atoms with Gasteiger partial charge in [0.2, 0.25) is 0 Å². The fraction of sp³-hybridized carbons (Fsp3) is 0.444. The fourth-order valence-corrected chi connectivity index (χ4v) is 7.42. The largest absolute Gasteiger partial charge is 0.329 e. The molecule has 2 aliphatic heterocycles. The number of likely N-dealkylation sites (tertiary alicyclic amines) is 2. The van der Waals surface area contributed by atoms with Gasteiger partial charge in [-0.1, -0.05) is 86.6 Å². The fourth-order valence-electron chi connectivity index (χ4n) is 7.42. The molecule has 3 heterocycles. The van der Waals surface area contributed by atoms with Crippen LogP contribution in [0.3, 0.4) is 0 Å². The van der Waals surface area contributed by atoms with Crippen molar-refractivity contribution in [2.24, 2.45) is 11.8 Å². The Morgan fingerprint density at radius 2 is 1.35 bits per heavy atom. The van der Waals surface area contributed by atoms with E-state index in [2.05, 4.69) is 60.5 Å². The molecule has 2 aliphatic rings. The SMILES string of the molecule is CC1CC(C)CN(CCCn2c(=O)n(C3CCN(C(=O)NC(c4ccccc4)c4ccccc4)CC3)c3ccccc32)C1. The van der Waals surface area contributed by atoms with Crippen LogP contribution in [-0.2, 0) is 6.54 Å². The van der Waals surface area contributed by atoms with Crippen molar-refractivity contribution in [3.63, 3.8) is 0 Å². The summed E-state index contributed by atoms with van der Waals surface area (Å²) in [6.45, 7) is 10.00. The van der Waals surface area contributed by atoms with Crippen LogP contribution in [0.25, 0.3) is 11.0 Å². The first-order valence-electron chi connectivity index (χ1n) is 16.1. The van der Waals surface area contributed by atoms with Crippen molar-refractivity contribution in [3.8, 4) is 0 Å². The molecular formula is C36H45N5O2. The Hall–Kier alpha value is -3.84. The molecule has 0 bridgehead atoms. The number of carbonyl (C=O) groups excluding carboxylic acids is 1. The van der Waals surface area contributed by atoms with Crippen molar-refractivity contribution in [1.29, 1.82) is 0 Å². The van der Waals surface area contributed by atoms with Crippen LogP contribution in [0.5, 0.6) is 0 Å². The van der Waals surface area contributed by atoms with Crippen molar-refractivity contribution in [2.75, 3.05) is 32.7 Å². The van der Waals surface area contributed by atoms with Gasteiger partial charge in [0.05, 0.1) is 17.1 Å². The molecule has 226 valence electrons. The van der Waals surface area contributed by atoms with Crippen LogP contribution in [0.1, 0.15) is 62.7 Å². The quantitative estimate of drug-likeness (QED) is 0.266. The van der Waals surface area contributed by atoms with Gasteiger partial charge in [0.1, 0.15) is 0 Å². The number of aryl methyl sites for hydroxylation is 1. The maximum Gasteiger partial charge on any atom is 0.329 e. The van der Waals surface area contributed by atoms with E-state index in [9.17, 15) is 9.59 Å². The van der Waals surface area contributed by atoms with E-state index in [0.29, 0.717) is 13.1 Å². The third-order valence-electron chi connectivity index (χ3n) is 9.32. The third kappa shape index (κ3) is 6.57. The number of benzene rings is 3. The van der Waals surface area contributed by atoms with Crippen molar-refractivity contribution < 1.29 is 4.79 Å². The molecule has 4 aromatic rings. The monoisotopic (exact) mass is 579 g/mol. The molecule has 2 fully saturated rings. The van der Waals surface area contributed by atoms with Crippen LogP contribution < -0.4 is 11.0 Å². The zero-order valence-electron chi connectivity index (χ0n) is 25.6. The van der Waals surface area contributed by atoms with Crippen LogP contribution in [0.15, 0.2) is 89.7 Å². The second-order valence-electron chi connectivity index (χ2n) is 12.8. The molecule has 0 aliphatic carbocycles. The Balaban J connectivity index is 1.12. The topological polar surface area (TPSA) is 62.5 Å². The van der Waals surface area contributed by atoms with Crippen LogP contribution >= 0.6 is 0 Å². The number of aromatic nitrogens is 2. The van der Waals surface area contributed by atoms with Gasteiger partial charge in [-0.15, -0.1) is 0 Å². The molecular weight excluding hydrogens is 534 g/mol. The van der Waals surface area contributed by atoms with E-state index in [4.69, 9.17) is 0 Å². The Labute approximate surface area is 255 Å². The minimum absolute atomic E-state index is 0.0627. The van der Waals surface area contributed by atoms with Crippen LogP contribution in [0.4, 0.5) is 4.79 Å². The van der Waals surface area contributed by atoms with E-state index in [1.54, 1.807) is 0 Å². The molecule has 0 radical (unpaired) electrons. The number of para-hydroxylation sites is 2. The molecule has 43 heavy (non-hydrogen) atoms. The zero-order chi connectivity index (χ0) is 29.8. The maximum atomic E-state index is 13.9. The summed E-state index contributed by atoms with van der Waals surface area (Å²) in [4.78, 5) is 31.9. The highest BCUT2D eigenvalue weighted by molar-refractivity contribution is 5.77. The number of rotatable bonds is 8. The number of hydrogen-bond donors (Lipinski definition) is 1. The summed E-state index contributed by atoms with van der Waals surface area (Å²) >= 11 is 0. The Bertz CT molecular complexity index is 1510. The lowest BCUT2D eigenvalue weighted by Gasteiger charge is -2.35. The number of urea groups is 1. The van der Waals surface area contributed by atoms with Crippen molar-refractivity contribution in [3.05, 3.63) is 107 Å². The lowest BCUT2D eigenvalue weighted by atomic mass is 9.92. The van der Waals surface area contributed by atoms with Crippen LogP contribution in [-0.4, -0.2) is 57.7 Å². The number of piperidine rings is 2. The summed E-state index contributed by atoms with van der Waals surface area (Å²) in [5, 5.41) is 3.28. The molecule has 2 atom stereocenters. The first-order valence-corrected chi connectivity index (χ1v) is 16.1. The first-order chi connectivity index (χ1) is 21.0. The summed E-state index contributed by atoms with van der Waals surface area (Å²) in [6, 6.07) is 28.2. The number of hydrogen-bond acceptors (Lipinski definition) is 3. The van der Waals surface area contributed by atoms with Gasteiger partial charge >= 0.3 is 11.7 Å². The van der Waals surface area contributed by atoms with Gasteiger partial charge in [-0.05, 0) is 67.3 Å². The Morgan fingerprint density at radius 3 is 1.95 bits per heavy atom. The predicted octanol–water partition coefficient (Wildman–Crippen LogP) is 6.31. The third-order valence-corrected chi connectivity index (χ3v) is 9.32. The molecule has 1 N–H and O–H groups in total. The maximum absolute atomic E-state index is 13.9. The predicted molar refractivity (Wildman–Crippen MR) is 173 cm³/mol. The van der Waals surface area contributed by atoms with E-state index in [1.165, 1.54) is 6.42 Å². The summed E-state index contributed by atoms with van der Waals surface area (Å²) in [5.74, 6) is 1.48. The Kier molecular flexibility index (Phi) is 8.98. The average molecular weight is 580 g/mol. The molecule has 7 heteroatoms. The number of fused-ring (bicyclic) bond motifs is 1. The van der Waals surface area contributed by atoms with E-state index >= 15 is 0 Å². The molecule has 1 aromatic heterocycles. The zero-order valence-corrected chi connectivity index (χ0v) is 25.6. The molecule has 3 aromatic carbocycles. The van der Waals surface area contributed by atoms with E-state index in [-0.39, 0.29) is 23.8 Å². The lowest BCUT2D eigenvalue weighted by Crippen LogP contribution is -2.46. The first kappa shape index (κ1) is 29.2. The van der Waals surface area contributed by atoms with Gasteiger partial charge < -0.3 is 15.1 Å². The van der Waals surface area contributed by atoms with E-state index in [1.807, 2.05) is 62.6 Å². The summed E-state index contributed by atoms with van der Waals surface area (Å²) < 4.78 is 3.99. The standard InChI is InChI=1S/C36H45N5O2/c1-27-24-28(2)26-38(25-27)20-11-21-40-32-16-9-10-17-33(32)41(36(40)43)31-18-22-39(23-19-31)35(42)37-34(29-12-5-3-6-13-29)30-14-7-4-8-15-30/h3-10,12-17,27-28,31,34H,11,18-26H2,1-2H3,(H,37,42). The smallest absolute Gasteiger partial charge is 0.327 e. The Morgan fingerprint density at radius 1 is 0.791 bits per heavy atom. The highest BCUT2D eigenvalue weighted by atomic mass is 16.2. The molecule has 0 saturated carbocycles. The average Bonchev–Trinajstić information content (AvgIpc) is 3.31. The summed E-state index contributed by atoms with van der Waals surface area (Å²) in [5.41, 5.74) is 4.21. The van der Waals surface area contributed by atoms with Crippen molar-refractivity contribution >= 4 is 17.1 Å². The normalized spacial score (nSPS) is 20.1. The number of carbonyl (C=O) groups is 1. The summed E-state index contributed by atoms with van der Waals surface area (Å²) in [7, 11) is 0. The second kappa shape index (κ2) is 13.2. The molecule has 0 spiro atoms. The van der Waals surface area contributed by atoms with Gasteiger partial charge in [-0.25, -0.2) is 9.59 Å². The van der Waals surface area contributed by atoms with Crippen molar-refractivity contribution in [1.82, 2.24) is 24.3 Å². The number of amides is 2. The number of nitrogens with zero attached hydrogens (tertiary/aromatic N) is 4. The molecule has 2 unspecified atom stereocenters. The van der Waals surface area contributed by atoms with Crippen LogP contribution in [0.2, 0.25) is 0 Å². The van der Waals surface area contributed by atoms with Crippen molar-refractivity contribution in [2.45, 2.75) is 58.2 Å². The highest BCUT2D eigenvalue weighted by Gasteiger charge is 2.29. The molecule has 2 amide bonds. The van der Waals surface area contributed by atoms with E-state index in [0.717, 1.165) is 79.4 Å². The van der Waals surface area contributed by atoms with Crippen LogP contribution in [0, 0.1) is 11.8 Å². The van der Waals surface area contributed by atoms with Gasteiger partial charge in [-0.3, -0.25) is 9.13 Å². The lowest BCUT2D eigenvalue weighted by molar-refractivity contribution is 0.138. The highest BCUT2D eigenvalue weighted by Crippen LogP contribution is 2.28. The van der Waals surface area contributed by atoms with Gasteiger partial charge in [0.25, 0.3) is 0 Å². The van der Waals surface area contributed by atoms with Gasteiger partial charge in [-0.2, -0.15) is 0 Å². The number of nitrogens with one attached hydrogen (secondary N) is 1. The van der Waals surface area contributed by atoms with Gasteiger partial charge in [0.15, 0.2) is 0 Å². The second-order valence-corrected chi connectivity index (χ2v) is 12.8. The minimum Gasteiger partial charge on any atom is -0.327 e. The summed E-state index contributed by atoms with van der Waals surface area (Å²) in [6.07, 6.45) is 3.79. The number of imidazole rings is 1. The van der Waals surface area contributed by atoms with Gasteiger partial charge in [0, 0.05) is 38.8 Å². The van der Waals surface area contributed by atoms with E-state index < -0.39 is 0 Å². The molecule has 6 rings (SSSR count). The molecule has 7 nitrogen and oxygen atoms in total.